The number of rotatable bonds is 5. The first-order chi connectivity index (χ1) is 7.86. The summed E-state index contributed by atoms with van der Waals surface area (Å²) in [5.74, 6) is 0. The van der Waals surface area contributed by atoms with Crippen LogP contribution in [0.25, 0.3) is 0 Å². The van der Waals surface area contributed by atoms with Crippen molar-refractivity contribution in [2.45, 2.75) is 38.1 Å². The van der Waals surface area contributed by atoms with E-state index >= 15 is 0 Å². The van der Waals surface area contributed by atoms with Crippen LogP contribution in [0.2, 0.25) is 0 Å². The third kappa shape index (κ3) is 3.72. The topological polar surface area (TPSA) is 15.7 Å². The van der Waals surface area contributed by atoms with E-state index in [9.17, 15) is 0 Å². The highest BCUT2D eigenvalue weighted by molar-refractivity contribution is 4.73. The second-order valence-corrected chi connectivity index (χ2v) is 5.25. The van der Waals surface area contributed by atoms with Crippen LogP contribution in [0.3, 0.4) is 0 Å². The first-order valence-corrected chi connectivity index (χ1v) is 6.86. The van der Waals surface area contributed by atoms with E-state index in [0.717, 1.165) is 19.8 Å². The fraction of sp³-hybridized carbons (Fsp3) is 1.00. The van der Waals surface area contributed by atoms with Crippen LogP contribution in [0, 0.1) is 0 Å². The average molecular weight is 226 g/mol. The maximum absolute atomic E-state index is 5.82. The molecular formula is C13H26N2O. The molecule has 0 aromatic rings. The summed E-state index contributed by atoms with van der Waals surface area (Å²) < 4.78 is 5.82. The average Bonchev–Trinajstić information content (AvgIpc) is 2.79. The molecule has 2 fully saturated rings. The van der Waals surface area contributed by atoms with Gasteiger partial charge in [-0.25, -0.2) is 0 Å². The second-order valence-electron chi connectivity index (χ2n) is 5.25. The van der Waals surface area contributed by atoms with Crippen molar-refractivity contribution < 1.29 is 4.74 Å². The Morgan fingerprint density at radius 2 is 1.81 bits per heavy atom. The molecule has 0 radical (unpaired) electrons. The Hall–Kier alpha value is -0.120. The molecule has 0 saturated carbocycles. The van der Waals surface area contributed by atoms with E-state index in [2.05, 4.69) is 16.8 Å². The standard InChI is InChI=1S/C13H26N2O/c1-14-7-3-2-6-13(14)12-16-11-10-15-8-4-5-9-15/h13H,2-12H2,1H3. The largest absolute Gasteiger partial charge is 0.378 e. The quantitative estimate of drug-likeness (QED) is 0.662. The number of piperidine rings is 1. The molecule has 0 spiro atoms. The first-order valence-electron chi connectivity index (χ1n) is 6.86. The Kier molecular flexibility index (Phi) is 5.07. The Bertz CT molecular complexity index is 192. The minimum atomic E-state index is 0.673. The van der Waals surface area contributed by atoms with E-state index in [1.807, 2.05) is 0 Å². The monoisotopic (exact) mass is 226 g/mol. The molecule has 0 aromatic carbocycles. The van der Waals surface area contributed by atoms with Crippen LogP contribution >= 0.6 is 0 Å². The summed E-state index contributed by atoms with van der Waals surface area (Å²) in [6.45, 7) is 6.81. The van der Waals surface area contributed by atoms with Gasteiger partial charge in [0.05, 0.1) is 13.2 Å². The van der Waals surface area contributed by atoms with Gasteiger partial charge < -0.3 is 14.5 Å². The van der Waals surface area contributed by atoms with Crippen LogP contribution < -0.4 is 0 Å². The highest BCUT2D eigenvalue weighted by Crippen LogP contribution is 2.15. The molecule has 2 aliphatic heterocycles. The summed E-state index contributed by atoms with van der Waals surface area (Å²) in [5.41, 5.74) is 0. The van der Waals surface area contributed by atoms with E-state index in [1.54, 1.807) is 0 Å². The van der Waals surface area contributed by atoms with Gasteiger partial charge in [0.2, 0.25) is 0 Å². The molecule has 16 heavy (non-hydrogen) atoms. The zero-order valence-corrected chi connectivity index (χ0v) is 10.7. The van der Waals surface area contributed by atoms with Crippen molar-refractivity contribution in [2.24, 2.45) is 0 Å². The maximum atomic E-state index is 5.82. The van der Waals surface area contributed by atoms with Gasteiger partial charge in [-0.15, -0.1) is 0 Å². The summed E-state index contributed by atoms with van der Waals surface area (Å²) in [4.78, 5) is 4.98. The van der Waals surface area contributed by atoms with Crippen LogP contribution in [-0.2, 0) is 4.74 Å². The van der Waals surface area contributed by atoms with Gasteiger partial charge in [0.1, 0.15) is 0 Å². The minimum absolute atomic E-state index is 0.673. The van der Waals surface area contributed by atoms with Crippen LogP contribution in [0.5, 0.6) is 0 Å². The molecule has 0 amide bonds. The van der Waals surface area contributed by atoms with Gasteiger partial charge in [-0.05, 0) is 52.4 Å². The summed E-state index contributed by atoms with van der Waals surface area (Å²) in [5, 5.41) is 0. The van der Waals surface area contributed by atoms with Crippen molar-refractivity contribution in [2.75, 3.05) is 46.4 Å². The van der Waals surface area contributed by atoms with Gasteiger partial charge in [0.15, 0.2) is 0 Å². The smallest absolute Gasteiger partial charge is 0.0622 e. The number of likely N-dealkylation sites (tertiary alicyclic amines) is 2. The second kappa shape index (κ2) is 6.58. The zero-order valence-electron chi connectivity index (χ0n) is 10.7. The number of hydrogen-bond donors (Lipinski definition) is 0. The number of likely N-dealkylation sites (N-methyl/N-ethyl adjacent to an activating group) is 1. The lowest BCUT2D eigenvalue weighted by molar-refractivity contribution is 0.0443. The molecule has 2 saturated heterocycles. The molecule has 3 nitrogen and oxygen atoms in total. The van der Waals surface area contributed by atoms with E-state index in [4.69, 9.17) is 4.74 Å². The molecule has 1 atom stereocenters. The highest BCUT2D eigenvalue weighted by Gasteiger charge is 2.18. The summed E-state index contributed by atoms with van der Waals surface area (Å²) >= 11 is 0. The van der Waals surface area contributed by atoms with Gasteiger partial charge in [-0.3, -0.25) is 0 Å². The molecule has 2 aliphatic rings. The molecule has 3 heteroatoms. The fourth-order valence-corrected chi connectivity index (χ4v) is 2.77. The summed E-state index contributed by atoms with van der Waals surface area (Å²) in [6, 6.07) is 0.673. The summed E-state index contributed by atoms with van der Waals surface area (Å²) in [6.07, 6.45) is 6.82. The van der Waals surface area contributed by atoms with Crippen LogP contribution in [-0.4, -0.2) is 62.3 Å². The molecule has 2 rings (SSSR count). The molecule has 0 bridgehead atoms. The van der Waals surface area contributed by atoms with Gasteiger partial charge in [-0.1, -0.05) is 6.42 Å². The van der Waals surface area contributed by atoms with Crippen LogP contribution in [0.4, 0.5) is 0 Å². The van der Waals surface area contributed by atoms with E-state index in [1.165, 1.54) is 51.7 Å². The highest BCUT2D eigenvalue weighted by atomic mass is 16.5. The van der Waals surface area contributed by atoms with Gasteiger partial charge in [0.25, 0.3) is 0 Å². The third-order valence-electron chi connectivity index (χ3n) is 3.98. The van der Waals surface area contributed by atoms with Crippen molar-refractivity contribution in [1.29, 1.82) is 0 Å². The molecule has 0 aromatic heterocycles. The third-order valence-corrected chi connectivity index (χ3v) is 3.98. The number of nitrogens with zero attached hydrogens (tertiary/aromatic N) is 2. The molecule has 0 aliphatic carbocycles. The predicted molar refractivity (Wildman–Crippen MR) is 66.8 cm³/mol. The number of ether oxygens (including phenoxy) is 1. The van der Waals surface area contributed by atoms with E-state index in [-0.39, 0.29) is 0 Å². The van der Waals surface area contributed by atoms with Gasteiger partial charge >= 0.3 is 0 Å². The minimum Gasteiger partial charge on any atom is -0.378 e. The zero-order chi connectivity index (χ0) is 11.2. The van der Waals surface area contributed by atoms with Crippen molar-refractivity contribution in [1.82, 2.24) is 9.80 Å². The molecule has 94 valence electrons. The molecule has 0 N–H and O–H groups in total. The lowest BCUT2D eigenvalue weighted by atomic mass is 10.0. The van der Waals surface area contributed by atoms with Crippen molar-refractivity contribution in [3.05, 3.63) is 0 Å². The van der Waals surface area contributed by atoms with Gasteiger partial charge in [0, 0.05) is 12.6 Å². The first kappa shape index (κ1) is 12.3. The molecular weight excluding hydrogens is 200 g/mol. The predicted octanol–water partition coefficient (Wildman–Crippen LogP) is 1.58. The lowest BCUT2D eigenvalue weighted by Gasteiger charge is -2.32. The van der Waals surface area contributed by atoms with Crippen LogP contribution in [0.15, 0.2) is 0 Å². The van der Waals surface area contributed by atoms with Crippen molar-refractivity contribution >= 4 is 0 Å². The Labute approximate surface area is 99.7 Å². The number of hydrogen-bond acceptors (Lipinski definition) is 3. The SMILES string of the molecule is CN1CCCCC1COCCN1CCCC1. The van der Waals surface area contributed by atoms with Crippen molar-refractivity contribution in [3.8, 4) is 0 Å². The fourth-order valence-electron chi connectivity index (χ4n) is 2.77. The normalized spacial score (nSPS) is 28.7. The van der Waals surface area contributed by atoms with E-state index < -0.39 is 0 Å². The maximum Gasteiger partial charge on any atom is 0.0622 e. The lowest BCUT2D eigenvalue weighted by Crippen LogP contribution is -2.39. The Morgan fingerprint density at radius 1 is 1.06 bits per heavy atom. The van der Waals surface area contributed by atoms with Crippen molar-refractivity contribution in [3.63, 3.8) is 0 Å². The summed E-state index contributed by atoms with van der Waals surface area (Å²) in [7, 11) is 2.23. The Morgan fingerprint density at radius 3 is 2.56 bits per heavy atom. The Balaban J connectivity index is 1.53. The van der Waals surface area contributed by atoms with Crippen LogP contribution in [0.1, 0.15) is 32.1 Å². The van der Waals surface area contributed by atoms with E-state index in [0.29, 0.717) is 6.04 Å². The van der Waals surface area contributed by atoms with Gasteiger partial charge in [-0.2, -0.15) is 0 Å². The molecule has 1 unspecified atom stereocenters. The molecule has 2 heterocycles.